The minimum absolute atomic E-state index is 0.0459. The van der Waals surface area contributed by atoms with Crippen LogP contribution < -0.4 is 5.73 Å². The highest BCUT2D eigenvalue weighted by Gasteiger charge is 2.26. The Morgan fingerprint density at radius 1 is 0.544 bits per heavy atom. The summed E-state index contributed by atoms with van der Waals surface area (Å²) in [4.78, 5) is 34.9. The molecule has 0 saturated carbocycles. The largest absolute Gasteiger partial charge is 0.472 e. The Kier molecular flexibility index (Phi) is 42.0. The van der Waals surface area contributed by atoms with Crippen molar-refractivity contribution in [3.05, 3.63) is 48.6 Å². The lowest BCUT2D eigenvalue weighted by Gasteiger charge is -2.19. The number of nitrogens with two attached hydrogens (primary N) is 1. The van der Waals surface area contributed by atoms with Crippen LogP contribution in [0.15, 0.2) is 48.6 Å². The lowest BCUT2D eigenvalue weighted by Crippen LogP contribution is -2.29. The molecule has 9 nitrogen and oxygen atoms in total. The Bertz CT molecular complexity index is 1080. The predicted molar refractivity (Wildman–Crippen MR) is 238 cm³/mol. The van der Waals surface area contributed by atoms with Gasteiger partial charge in [-0.2, -0.15) is 0 Å². The minimum atomic E-state index is -4.39. The third-order valence-electron chi connectivity index (χ3n) is 9.82. The van der Waals surface area contributed by atoms with Gasteiger partial charge in [-0.3, -0.25) is 18.6 Å². The average Bonchev–Trinajstić information content (AvgIpc) is 3.20. The number of hydrogen-bond donors (Lipinski definition) is 2. The Morgan fingerprint density at radius 3 is 1.44 bits per heavy atom. The van der Waals surface area contributed by atoms with Gasteiger partial charge in [0.2, 0.25) is 0 Å². The number of phosphoric ester groups is 1. The first-order valence-corrected chi connectivity index (χ1v) is 24.7. The molecule has 0 aliphatic rings. The maximum absolute atomic E-state index is 12.5. The fourth-order valence-electron chi connectivity index (χ4n) is 6.41. The Labute approximate surface area is 349 Å². The molecule has 0 rings (SSSR count). The molecule has 0 radical (unpaired) electrons. The van der Waals surface area contributed by atoms with Crippen molar-refractivity contribution in [2.75, 3.05) is 26.4 Å². The van der Waals surface area contributed by atoms with Crippen LogP contribution in [-0.4, -0.2) is 49.3 Å². The highest BCUT2D eigenvalue weighted by atomic mass is 31.2. The van der Waals surface area contributed by atoms with Gasteiger partial charge in [-0.05, 0) is 32.1 Å². The van der Waals surface area contributed by atoms with E-state index in [0.29, 0.717) is 6.42 Å². The Morgan fingerprint density at radius 2 is 0.965 bits per heavy atom. The maximum atomic E-state index is 12.5. The molecular weight excluding hydrogens is 737 g/mol. The molecule has 0 aromatic rings. The second-order valence-corrected chi connectivity index (χ2v) is 16.8. The van der Waals surface area contributed by atoms with E-state index in [1.54, 1.807) is 0 Å². The number of ether oxygens (including phenoxy) is 2. The van der Waals surface area contributed by atoms with Crippen LogP contribution in [0.1, 0.15) is 206 Å². The summed E-state index contributed by atoms with van der Waals surface area (Å²) in [5, 5.41) is 0. The van der Waals surface area contributed by atoms with Crippen LogP contribution >= 0.6 is 7.82 Å². The number of allylic oxidation sites excluding steroid dienone is 8. The van der Waals surface area contributed by atoms with Crippen LogP contribution in [0.25, 0.3) is 0 Å². The van der Waals surface area contributed by atoms with Crippen LogP contribution in [0, 0.1) is 0 Å². The summed E-state index contributed by atoms with van der Waals surface area (Å²) in [7, 11) is -4.39. The topological polar surface area (TPSA) is 134 Å². The van der Waals surface area contributed by atoms with E-state index in [0.717, 1.165) is 44.9 Å². The zero-order valence-electron chi connectivity index (χ0n) is 36.6. The number of hydrogen-bond acceptors (Lipinski definition) is 8. The quantitative estimate of drug-likeness (QED) is 0.0267. The SMILES string of the molecule is CC/C=C/C=C/C=C/C=C/CCCCCC(=O)OC(COC(=O)CCCCCCCCCCCCCCCCCCCCCCCCC)COP(=O)(O)OCCN. The van der Waals surface area contributed by atoms with Crippen molar-refractivity contribution in [2.45, 2.75) is 213 Å². The van der Waals surface area contributed by atoms with Gasteiger partial charge in [0.25, 0.3) is 0 Å². The third-order valence-corrected chi connectivity index (χ3v) is 10.8. The van der Waals surface area contributed by atoms with Crippen molar-refractivity contribution in [1.82, 2.24) is 0 Å². The van der Waals surface area contributed by atoms with Crippen molar-refractivity contribution in [1.29, 1.82) is 0 Å². The maximum Gasteiger partial charge on any atom is 0.472 e. The molecule has 3 N–H and O–H groups in total. The fourth-order valence-corrected chi connectivity index (χ4v) is 7.18. The van der Waals surface area contributed by atoms with Gasteiger partial charge in [0.1, 0.15) is 6.61 Å². The van der Waals surface area contributed by atoms with E-state index in [2.05, 4.69) is 26.0 Å². The molecule has 0 fully saturated rings. The molecule has 0 spiro atoms. The second-order valence-electron chi connectivity index (χ2n) is 15.3. The normalized spacial score (nSPS) is 13.7. The lowest BCUT2D eigenvalue weighted by molar-refractivity contribution is -0.161. The van der Waals surface area contributed by atoms with E-state index < -0.39 is 32.5 Å². The molecule has 332 valence electrons. The number of carbonyl (C=O) groups excluding carboxylic acids is 2. The summed E-state index contributed by atoms with van der Waals surface area (Å²) in [5.74, 6) is -0.870. The van der Waals surface area contributed by atoms with Crippen molar-refractivity contribution >= 4 is 19.8 Å². The number of phosphoric acid groups is 1. The average molecular weight is 824 g/mol. The molecular formula is C47H86NO8P. The van der Waals surface area contributed by atoms with Crippen molar-refractivity contribution in [2.24, 2.45) is 5.73 Å². The van der Waals surface area contributed by atoms with E-state index in [9.17, 15) is 19.0 Å². The number of rotatable bonds is 43. The van der Waals surface area contributed by atoms with Crippen LogP contribution in [0.5, 0.6) is 0 Å². The monoisotopic (exact) mass is 824 g/mol. The smallest absolute Gasteiger partial charge is 0.462 e. The van der Waals surface area contributed by atoms with E-state index in [4.69, 9.17) is 24.3 Å². The summed E-state index contributed by atoms with van der Waals surface area (Å²) >= 11 is 0. The van der Waals surface area contributed by atoms with Gasteiger partial charge in [-0.15, -0.1) is 0 Å². The van der Waals surface area contributed by atoms with E-state index >= 15 is 0 Å². The highest BCUT2D eigenvalue weighted by molar-refractivity contribution is 7.47. The first-order valence-electron chi connectivity index (χ1n) is 23.2. The summed E-state index contributed by atoms with van der Waals surface area (Å²) < 4.78 is 32.7. The van der Waals surface area contributed by atoms with E-state index in [1.807, 2.05) is 36.5 Å². The predicted octanol–water partition coefficient (Wildman–Crippen LogP) is 13.5. The van der Waals surface area contributed by atoms with Gasteiger partial charge >= 0.3 is 19.8 Å². The number of esters is 2. The molecule has 0 aliphatic carbocycles. The standard InChI is InChI=1S/C47H86NO8P/c1-3-5-7-9-11-13-15-17-18-19-20-21-22-23-24-25-26-28-29-31-33-35-37-39-46(49)53-43-45(44-55-57(51,52)54-42-41-48)56-47(50)40-38-36-34-32-30-27-16-14-12-10-8-6-4-2/h6,8,10,12,14,16,27,30,45H,3-5,7,9,11,13,15,17-26,28-29,31-44,48H2,1-2H3,(H,51,52)/b8-6+,12-10+,16-14+,30-27+. The molecule has 0 aromatic heterocycles. The number of unbranched alkanes of at least 4 members (excludes halogenated alkanes) is 25. The van der Waals surface area contributed by atoms with Gasteiger partial charge in [-0.1, -0.05) is 210 Å². The van der Waals surface area contributed by atoms with Gasteiger partial charge in [0, 0.05) is 19.4 Å². The van der Waals surface area contributed by atoms with E-state index in [1.165, 1.54) is 128 Å². The van der Waals surface area contributed by atoms with Crippen molar-refractivity contribution < 1.29 is 37.6 Å². The van der Waals surface area contributed by atoms with Crippen LogP contribution in [-0.2, 0) is 32.7 Å². The number of carbonyl (C=O) groups is 2. The Balaban J connectivity index is 4.04. The highest BCUT2D eigenvalue weighted by Crippen LogP contribution is 2.43. The molecule has 2 atom stereocenters. The third kappa shape index (κ3) is 43.4. The molecule has 0 aromatic carbocycles. The molecule has 0 bridgehead atoms. The first kappa shape index (κ1) is 55.0. The van der Waals surface area contributed by atoms with Crippen molar-refractivity contribution in [3.63, 3.8) is 0 Å². The van der Waals surface area contributed by atoms with Gasteiger partial charge in [0.05, 0.1) is 13.2 Å². The van der Waals surface area contributed by atoms with Crippen LogP contribution in [0.2, 0.25) is 0 Å². The van der Waals surface area contributed by atoms with Gasteiger partial charge in [0.15, 0.2) is 6.10 Å². The van der Waals surface area contributed by atoms with Crippen molar-refractivity contribution in [3.8, 4) is 0 Å². The first-order chi connectivity index (χ1) is 27.8. The Hall–Kier alpha value is -2.03. The second kappa shape index (κ2) is 43.5. The molecule has 0 saturated heterocycles. The molecule has 0 amide bonds. The lowest BCUT2D eigenvalue weighted by atomic mass is 10.0. The summed E-state index contributed by atoms with van der Waals surface area (Å²) in [6.07, 6.45) is 50.2. The molecule has 0 aliphatic heterocycles. The fraction of sp³-hybridized carbons (Fsp3) is 0.787. The van der Waals surface area contributed by atoms with E-state index in [-0.39, 0.29) is 32.6 Å². The van der Waals surface area contributed by atoms with Gasteiger partial charge in [-0.25, -0.2) is 4.57 Å². The minimum Gasteiger partial charge on any atom is -0.462 e. The molecule has 57 heavy (non-hydrogen) atoms. The molecule has 2 unspecified atom stereocenters. The van der Waals surface area contributed by atoms with Gasteiger partial charge < -0.3 is 20.1 Å². The van der Waals surface area contributed by atoms with Crippen LogP contribution in [0.4, 0.5) is 0 Å². The zero-order valence-corrected chi connectivity index (χ0v) is 37.5. The summed E-state index contributed by atoms with van der Waals surface area (Å²) in [6, 6.07) is 0. The zero-order chi connectivity index (χ0) is 41.8. The summed E-state index contributed by atoms with van der Waals surface area (Å²) in [6.45, 7) is 3.56. The molecule has 10 heteroatoms. The molecule has 0 heterocycles. The summed E-state index contributed by atoms with van der Waals surface area (Å²) in [5.41, 5.74) is 5.35. The van der Waals surface area contributed by atoms with Crippen LogP contribution in [0.3, 0.4) is 0 Å².